The number of hydrogen-bond donors (Lipinski definition) is 3. The number of nitrogens with zero attached hydrogens (tertiary/aromatic N) is 2. The predicted octanol–water partition coefficient (Wildman–Crippen LogP) is 3.39. The zero-order valence-corrected chi connectivity index (χ0v) is 16.3. The van der Waals surface area contributed by atoms with Gasteiger partial charge in [-0.25, -0.2) is 4.98 Å². The van der Waals surface area contributed by atoms with Crippen molar-refractivity contribution < 1.29 is 4.74 Å². The number of rotatable bonds is 7. The van der Waals surface area contributed by atoms with E-state index in [1.807, 2.05) is 55.5 Å². The number of aliphatic imine (C=N–C) groups is 1. The summed E-state index contributed by atoms with van der Waals surface area (Å²) >= 11 is 5.89. The minimum Gasteiger partial charge on any atom is -0.489 e. The molecule has 1 aromatic heterocycles. The Morgan fingerprint density at radius 2 is 1.96 bits per heavy atom. The molecular weight excluding hydrogens is 362 g/mol. The first-order valence-electron chi connectivity index (χ1n) is 8.94. The van der Waals surface area contributed by atoms with Gasteiger partial charge in [-0.2, -0.15) is 0 Å². The first-order valence-corrected chi connectivity index (χ1v) is 9.32. The van der Waals surface area contributed by atoms with Crippen molar-refractivity contribution in [2.24, 2.45) is 4.99 Å². The highest BCUT2D eigenvalue weighted by molar-refractivity contribution is 6.30. The van der Waals surface area contributed by atoms with Crippen LogP contribution < -0.4 is 15.4 Å². The summed E-state index contributed by atoms with van der Waals surface area (Å²) in [5.74, 6) is 2.48. The van der Waals surface area contributed by atoms with E-state index in [-0.39, 0.29) is 6.10 Å². The van der Waals surface area contributed by atoms with Gasteiger partial charge in [-0.05, 0) is 43.3 Å². The van der Waals surface area contributed by atoms with E-state index in [4.69, 9.17) is 16.3 Å². The summed E-state index contributed by atoms with van der Waals surface area (Å²) in [6.45, 7) is 3.36. The summed E-state index contributed by atoms with van der Waals surface area (Å²) in [6, 6.07) is 15.4. The standard InChI is InChI=1S/C20H24ClN5O/c1-14(27-16-9-7-15(21)8-10-16)13-24-20(22-2)23-12-11-19-25-17-5-3-4-6-18(17)26-19/h3-10,14H,11-13H2,1-2H3,(H,25,26)(H2,22,23,24). The van der Waals surface area contributed by atoms with Crippen LogP contribution in [0.15, 0.2) is 53.5 Å². The van der Waals surface area contributed by atoms with Gasteiger partial charge in [0, 0.05) is 25.0 Å². The van der Waals surface area contributed by atoms with Crippen molar-refractivity contribution in [3.05, 3.63) is 59.4 Å². The average molecular weight is 386 g/mol. The van der Waals surface area contributed by atoms with Crippen molar-refractivity contribution in [1.29, 1.82) is 0 Å². The second kappa shape index (κ2) is 9.28. The molecular formula is C20H24ClN5O. The number of hydrogen-bond acceptors (Lipinski definition) is 3. The maximum atomic E-state index is 5.89. The summed E-state index contributed by atoms with van der Waals surface area (Å²) in [7, 11) is 1.75. The van der Waals surface area contributed by atoms with Crippen molar-refractivity contribution >= 4 is 28.6 Å². The molecule has 3 N–H and O–H groups in total. The normalized spacial score (nSPS) is 12.8. The quantitative estimate of drug-likeness (QED) is 0.430. The molecule has 0 aliphatic heterocycles. The molecule has 3 rings (SSSR count). The van der Waals surface area contributed by atoms with Gasteiger partial charge in [0.25, 0.3) is 0 Å². The highest BCUT2D eigenvalue weighted by Gasteiger charge is 2.07. The lowest BCUT2D eigenvalue weighted by atomic mass is 10.3. The van der Waals surface area contributed by atoms with E-state index >= 15 is 0 Å². The molecule has 0 fully saturated rings. The van der Waals surface area contributed by atoms with Crippen molar-refractivity contribution in [1.82, 2.24) is 20.6 Å². The van der Waals surface area contributed by atoms with Crippen LogP contribution in [0, 0.1) is 0 Å². The molecule has 142 valence electrons. The van der Waals surface area contributed by atoms with Gasteiger partial charge in [0.2, 0.25) is 0 Å². The third kappa shape index (κ3) is 5.62. The van der Waals surface area contributed by atoms with Crippen molar-refractivity contribution in [3.8, 4) is 5.75 Å². The number of ether oxygens (including phenoxy) is 1. The van der Waals surface area contributed by atoms with Crippen molar-refractivity contribution in [3.63, 3.8) is 0 Å². The summed E-state index contributed by atoms with van der Waals surface area (Å²) in [5.41, 5.74) is 2.05. The molecule has 27 heavy (non-hydrogen) atoms. The number of aromatic amines is 1. The fraction of sp³-hybridized carbons (Fsp3) is 0.300. The van der Waals surface area contributed by atoms with E-state index in [0.29, 0.717) is 11.6 Å². The van der Waals surface area contributed by atoms with Crippen LogP contribution in [0.2, 0.25) is 5.02 Å². The molecule has 0 aliphatic rings. The van der Waals surface area contributed by atoms with Crippen LogP contribution in [0.4, 0.5) is 0 Å². The molecule has 2 aromatic carbocycles. The molecule has 0 saturated carbocycles. The molecule has 1 unspecified atom stereocenters. The molecule has 0 amide bonds. The number of halogens is 1. The van der Waals surface area contributed by atoms with E-state index in [2.05, 4.69) is 25.6 Å². The van der Waals surface area contributed by atoms with Gasteiger partial charge < -0.3 is 20.4 Å². The number of imidazole rings is 1. The molecule has 3 aromatic rings. The fourth-order valence-corrected chi connectivity index (χ4v) is 2.80. The highest BCUT2D eigenvalue weighted by Crippen LogP contribution is 2.16. The molecule has 0 saturated heterocycles. The van der Waals surface area contributed by atoms with E-state index in [0.717, 1.165) is 41.5 Å². The van der Waals surface area contributed by atoms with Crippen molar-refractivity contribution in [2.45, 2.75) is 19.4 Å². The third-order valence-corrected chi connectivity index (χ3v) is 4.28. The van der Waals surface area contributed by atoms with Crippen LogP contribution in [0.25, 0.3) is 11.0 Å². The summed E-state index contributed by atoms with van der Waals surface area (Å²) in [5, 5.41) is 7.26. The maximum Gasteiger partial charge on any atom is 0.191 e. The molecule has 1 atom stereocenters. The van der Waals surface area contributed by atoms with Crippen LogP contribution >= 0.6 is 11.6 Å². The Morgan fingerprint density at radius 1 is 1.19 bits per heavy atom. The van der Waals surface area contributed by atoms with Gasteiger partial charge in [0.1, 0.15) is 17.7 Å². The first-order chi connectivity index (χ1) is 13.1. The SMILES string of the molecule is CN=C(NCCc1nc2ccccc2[nH]1)NCC(C)Oc1ccc(Cl)cc1. The lowest BCUT2D eigenvalue weighted by Gasteiger charge is -2.17. The molecule has 6 nitrogen and oxygen atoms in total. The molecule has 0 aliphatic carbocycles. The Hall–Kier alpha value is -2.73. The van der Waals surface area contributed by atoms with Crippen LogP contribution in [0.1, 0.15) is 12.7 Å². The number of H-pyrrole nitrogens is 1. The lowest BCUT2D eigenvalue weighted by molar-refractivity contribution is 0.224. The molecule has 0 spiro atoms. The van der Waals surface area contributed by atoms with Gasteiger partial charge >= 0.3 is 0 Å². The maximum absolute atomic E-state index is 5.89. The topological polar surface area (TPSA) is 74.3 Å². The van der Waals surface area contributed by atoms with Gasteiger partial charge in [-0.15, -0.1) is 0 Å². The number of guanidine groups is 1. The Kier molecular flexibility index (Phi) is 6.54. The van der Waals surface area contributed by atoms with E-state index in [1.165, 1.54) is 0 Å². The van der Waals surface area contributed by atoms with E-state index in [1.54, 1.807) is 7.05 Å². The first kappa shape index (κ1) is 19.0. The molecule has 7 heteroatoms. The van der Waals surface area contributed by atoms with Gasteiger partial charge in [0.15, 0.2) is 5.96 Å². The summed E-state index contributed by atoms with van der Waals surface area (Å²) in [4.78, 5) is 12.1. The van der Waals surface area contributed by atoms with Crippen LogP contribution in [-0.4, -0.2) is 42.2 Å². The van der Waals surface area contributed by atoms with Gasteiger partial charge in [-0.1, -0.05) is 23.7 Å². The Bertz CT molecular complexity index is 858. The van der Waals surface area contributed by atoms with Crippen LogP contribution in [0.5, 0.6) is 5.75 Å². The minimum absolute atomic E-state index is 0.0138. The van der Waals surface area contributed by atoms with Crippen LogP contribution in [0.3, 0.4) is 0 Å². The molecule has 1 heterocycles. The monoisotopic (exact) mass is 385 g/mol. The van der Waals surface area contributed by atoms with Crippen LogP contribution in [-0.2, 0) is 6.42 Å². The highest BCUT2D eigenvalue weighted by atomic mass is 35.5. The zero-order chi connectivity index (χ0) is 19.1. The zero-order valence-electron chi connectivity index (χ0n) is 15.5. The smallest absolute Gasteiger partial charge is 0.191 e. The largest absolute Gasteiger partial charge is 0.489 e. The number of para-hydroxylation sites is 2. The fourth-order valence-electron chi connectivity index (χ4n) is 2.67. The number of aromatic nitrogens is 2. The number of nitrogens with one attached hydrogen (secondary N) is 3. The number of benzene rings is 2. The summed E-state index contributed by atoms with van der Waals surface area (Å²) in [6.07, 6.45) is 0.770. The van der Waals surface area contributed by atoms with Crippen molar-refractivity contribution in [2.75, 3.05) is 20.1 Å². The minimum atomic E-state index is -0.0138. The lowest BCUT2D eigenvalue weighted by Crippen LogP contribution is -2.42. The Labute approximate surface area is 164 Å². The van der Waals surface area contributed by atoms with Gasteiger partial charge in [0.05, 0.1) is 17.6 Å². The van der Waals surface area contributed by atoms with Gasteiger partial charge in [-0.3, -0.25) is 4.99 Å². The molecule has 0 radical (unpaired) electrons. The number of fused-ring (bicyclic) bond motifs is 1. The summed E-state index contributed by atoms with van der Waals surface area (Å²) < 4.78 is 5.85. The predicted molar refractivity (Wildman–Crippen MR) is 111 cm³/mol. The molecule has 0 bridgehead atoms. The average Bonchev–Trinajstić information content (AvgIpc) is 3.09. The second-order valence-electron chi connectivity index (χ2n) is 6.21. The second-order valence-corrected chi connectivity index (χ2v) is 6.65. The van der Waals surface area contributed by atoms with E-state index < -0.39 is 0 Å². The Balaban J connectivity index is 1.41. The third-order valence-electron chi connectivity index (χ3n) is 4.02. The van der Waals surface area contributed by atoms with E-state index in [9.17, 15) is 0 Å². The Morgan fingerprint density at radius 3 is 2.70 bits per heavy atom.